The summed E-state index contributed by atoms with van der Waals surface area (Å²) in [6.45, 7) is 10.1. The molecule has 0 saturated heterocycles. The Morgan fingerprint density at radius 2 is 1.83 bits per heavy atom. The van der Waals surface area contributed by atoms with Crippen LogP contribution in [0.3, 0.4) is 0 Å². The molecule has 1 rings (SSSR count). The quantitative estimate of drug-likeness (QED) is 0.871. The molecule has 0 radical (unpaired) electrons. The Morgan fingerprint density at radius 1 is 1.28 bits per heavy atom. The van der Waals surface area contributed by atoms with E-state index in [0.29, 0.717) is 23.4 Å². The summed E-state index contributed by atoms with van der Waals surface area (Å²) in [5.41, 5.74) is -0.248. The molecule has 3 nitrogen and oxygen atoms in total. The van der Waals surface area contributed by atoms with Crippen molar-refractivity contribution in [2.24, 2.45) is 0 Å². The van der Waals surface area contributed by atoms with Gasteiger partial charge < -0.3 is 10.4 Å². The fourth-order valence-electron chi connectivity index (χ4n) is 1.86. The van der Waals surface area contributed by atoms with Gasteiger partial charge in [-0.25, -0.2) is 4.98 Å². The van der Waals surface area contributed by atoms with Crippen molar-refractivity contribution >= 4 is 17.4 Å². The van der Waals surface area contributed by atoms with E-state index in [0.717, 1.165) is 5.82 Å². The third-order valence-corrected chi connectivity index (χ3v) is 3.34. The lowest BCUT2D eigenvalue weighted by Crippen LogP contribution is -2.27. The molecule has 1 aromatic rings. The van der Waals surface area contributed by atoms with E-state index in [9.17, 15) is 5.11 Å². The number of anilines is 1. The third-order valence-electron chi connectivity index (χ3n) is 3.03. The maximum atomic E-state index is 10.5. The molecule has 0 unspecified atom stereocenters. The summed E-state index contributed by atoms with van der Waals surface area (Å²) in [6, 6.07) is 1.78. The van der Waals surface area contributed by atoms with Crippen molar-refractivity contribution in [2.45, 2.75) is 58.6 Å². The molecule has 0 aliphatic heterocycles. The summed E-state index contributed by atoms with van der Waals surface area (Å²) in [7, 11) is 0. The molecule has 0 spiro atoms. The Labute approximate surface area is 115 Å². The number of halogens is 1. The van der Waals surface area contributed by atoms with Gasteiger partial charge in [-0.3, -0.25) is 0 Å². The average Bonchev–Trinajstić information content (AvgIpc) is 2.26. The van der Waals surface area contributed by atoms with E-state index >= 15 is 0 Å². The highest BCUT2D eigenvalue weighted by atomic mass is 35.5. The van der Waals surface area contributed by atoms with Gasteiger partial charge in [0.15, 0.2) is 0 Å². The molecule has 18 heavy (non-hydrogen) atoms. The van der Waals surface area contributed by atoms with Gasteiger partial charge in [0, 0.05) is 17.3 Å². The molecule has 0 aliphatic carbocycles. The fraction of sp³-hybridized carbons (Fsp3) is 0.643. The Kier molecular flexibility index (Phi) is 4.62. The van der Waals surface area contributed by atoms with Crippen molar-refractivity contribution in [3.8, 4) is 0 Å². The SMILES string of the molecule is CCC(O)(CC)c1cnc(NC(C)(C)C)cc1Cl. The number of aliphatic hydroxyl groups is 1. The van der Waals surface area contributed by atoms with Crippen molar-refractivity contribution in [3.63, 3.8) is 0 Å². The van der Waals surface area contributed by atoms with Crippen LogP contribution in [0.2, 0.25) is 5.02 Å². The van der Waals surface area contributed by atoms with Gasteiger partial charge in [0.1, 0.15) is 5.82 Å². The Bertz CT molecular complexity index is 409. The van der Waals surface area contributed by atoms with Crippen molar-refractivity contribution in [1.29, 1.82) is 0 Å². The zero-order chi connectivity index (χ0) is 14.0. The second kappa shape index (κ2) is 5.45. The topological polar surface area (TPSA) is 45.2 Å². The van der Waals surface area contributed by atoms with Crippen LogP contribution in [-0.4, -0.2) is 15.6 Å². The van der Waals surface area contributed by atoms with E-state index in [1.54, 1.807) is 12.3 Å². The van der Waals surface area contributed by atoms with Gasteiger partial charge in [-0.2, -0.15) is 0 Å². The molecular formula is C14H23ClN2O. The minimum Gasteiger partial charge on any atom is -0.385 e. The Hall–Kier alpha value is -0.800. The number of aromatic nitrogens is 1. The molecule has 0 aliphatic rings. The summed E-state index contributed by atoms with van der Waals surface area (Å²) in [4.78, 5) is 4.33. The molecule has 4 heteroatoms. The number of hydrogen-bond donors (Lipinski definition) is 2. The van der Waals surface area contributed by atoms with Gasteiger partial charge in [0.25, 0.3) is 0 Å². The van der Waals surface area contributed by atoms with Crippen LogP contribution in [0.1, 0.15) is 53.0 Å². The third kappa shape index (κ3) is 3.59. The summed E-state index contributed by atoms with van der Waals surface area (Å²) >= 11 is 6.26. The van der Waals surface area contributed by atoms with Crippen molar-refractivity contribution in [2.75, 3.05) is 5.32 Å². The number of rotatable bonds is 4. The lowest BCUT2D eigenvalue weighted by atomic mass is 9.90. The monoisotopic (exact) mass is 270 g/mol. The van der Waals surface area contributed by atoms with E-state index in [4.69, 9.17) is 11.6 Å². The van der Waals surface area contributed by atoms with E-state index in [2.05, 4.69) is 31.1 Å². The zero-order valence-electron chi connectivity index (χ0n) is 11.8. The summed E-state index contributed by atoms with van der Waals surface area (Å²) in [5.74, 6) is 0.728. The van der Waals surface area contributed by atoms with Crippen LogP contribution in [0, 0.1) is 0 Å². The molecular weight excluding hydrogens is 248 g/mol. The molecule has 1 aromatic heterocycles. The summed E-state index contributed by atoms with van der Waals surface area (Å²) in [5, 5.41) is 14.3. The largest absolute Gasteiger partial charge is 0.385 e. The molecule has 0 aromatic carbocycles. The number of nitrogens with zero attached hydrogens (tertiary/aromatic N) is 1. The summed E-state index contributed by atoms with van der Waals surface area (Å²) in [6.07, 6.45) is 2.91. The fourth-order valence-corrected chi connectivity index (χ4v) is 2.18. The minimum atomic E-state index is -0.885. The molecule has 0 amide bonds. The van der Waals surface area contributed by atoms with Crippen molar-refractivity contribution in [1.82, 2.24) is 4.98 Å². The molecule has 0 atom stereocenters. The normalized spacial score (nSPS) is 12.6. The van der Waals surface area contributed by atoms with E-state index in [-0.39, 0.29) is 5.54 Å². The molecule has 0 fully saturated rings. The van der Waals surface area contributed by atoms with Crippen LogP contribution in [-0.2, 0) is 5.60 Å². The lowest BCUT2D eigenvalue weighted by molar-refractivity contribution is 0.0282. The summed E-state index contributed by atoms with van der Waals surface area (Å²) < 4.78 is 0. The van der Waals surface area contributed by atoms with Crippen LogP contribution in [0.5, 0.6) is 0 Å². The second-order valence-corrected chi connectivity index (χ2v) is 6.07. The average molecular weight is 271 g/mol. The number of nitrogens with one attached hydrogen (secondary N) is 1. The van der Waals surface area contributed by atoms with Crippen molar-refractivity contribution in [3.05, 3.63) is 22.8 Å². The van der Waals surface area contributed by atoms with Gasteiger partial charge >= 0.3 is 0 Å². The van der Waals surface area contributed by atoms with Crippen LogP contribution in [0.25, 0.3) is 0 Å². The van der Waals surface area contributed by atoms with Crippen molar-refractivity contribution < 1.29 is 5.11 Å². The molecule has 0 bridgehead atoms. The first-order chi connectivity index (χ1) is 8.22. The first kappa shape index (κ1) is 15.3. The highest BCUT2D eigenvalue weighted by Gasteiger charge is 2.28. The van der Waals surface area contributed by atoms with Gasteiger partial charge in [-0.15, -0.1) is 0 Å². The second-order valence-electron chi connectivity index (χ2n) is 5.66. The van der Waals surface area contributed by atoms with Crippen LogP contribution < -0.4 is 5.32 Å². The minimum absolute atomic E-state index is 0.0658. The first-order valence-electron chi connectivity index (χ1n) is 6.38. The van der Waals surface area contributed by atoms with Crippen LogP contribution in [0.15, 0.2) is 12.3 Å². The standard InChI is InChI=1S/C14H23ClN2O/c1-6-14(18,7-2)10-9-16-12(8-11(10)15)17-13(3,4)5/h8-9,18H,6-7H2,1-5H3,(H,16,17). The van der Waals surface area contributed by atoms with E-state index in [1.165, 1.54) is 0 Å². The Balaban J connectivity index is 3.07. The highest BCUT2D eigenvalue weighted by Crippen LogP contribution is 2.34. The predicted molar refractivity (Wildman–Crippen MR) is 77.1 cm³/mol. The predicted octanol–water partition coefficient (Wildman–Crippen LogP) is 3.95. The zero-order valence-corrected chi connectivity index (χ0v) is 12.6. The van der Waals surface area contributed by atoms with Crippen LogP contribution in [0.4, 0.5) is 5.82 Å². The number of hydrogen-bond acceptors (Lipinski definition) is 3. The molecule has 0 saturated carbocycles. The highest BCUT2D eigenvalue weighted by molar-refractivity contribution is 6.31. The molecule has 2 N–H and O–H groups in total. The van der Waals surface area contributed by atoms with E-state index < -0.39 is 5.60 Å². The van der Waals surface area contributed by atoms with Gasteiger partial charge in [-0.05, 0) is 39.7 Å². The van der Waals surface area contributed by atoms with Gasteiger partial charge in [0.05, 0.1) is 10.6 Å². The first-order valence-corrected chi connectivity index (χ1v) is 6.76. The lowest BCUT2D eigenvalue weighted by Gasteiger charge is -2.27. The van der Waals surface area contributed by atoms with Crippen LogP contribution >= 0.6 is 11.6 Å². The van der Waals surface area contributed by atoms with Gasteiger partial charge in [0.2, 0.25) is 0 Å². The number of pyridine rings is 1. The molecule has 1 heterocycles. The van der Waals surface area contributed by atoms with Gasteiger partial charge in [-0.1, -0.05) is 25.4 Å². The molecule has 102 valence electrons. The maximum Gasteiger partial charge on any atom is 0.127 e. The van der Waals surface area contributed by atoms with E-state index in [1.807, 2.05) is 13.8 Å². The smallest absolute Gasteiger partial charge is 0.127 e. The Morgan fingerprint density at radius 3 is 2.22 bits per heavy atom. The maximum absolute atomic E-state index is 10.5.